The van der Waals surface area contributed by atoms with Gasteiger partial charge < -0.3 is 0 Å². The Hall–Kier alpha value is -0.460. The SMILES string of the molecule is C=C/C=C(Cl)\C=C(\Cl)C=C.CC. The van der Waals surface area contributed by atoms with Gasteiger partial charge in [-0.1, -0.05) is 62.4 Å². The van der Waals surface area contributed by atoms with E-state index in [9.17, 15) is 0 Å². The van der Waals surface area contributed by atoms with E-state index in [0.29, 0.717) is 10.1 Å². The van der Waals surface area contributed by atoms with Gasteiger partial charge >= 0.3 is 0 Å². The molecule has 0 nitrogen and oxygen atoms in total. The van der Waals surface area contributed by atoms with Crippen LogP contribution in [0.15, 0.2) is 47.5 Å². The minimum absolute atomic E-state index is 0.517. The van der Waals surface area contributed by atoms with Crippen molar-refractivity contribution in [3.8, 4) is 0 Å². The van der Waals surface area contributed by atoms with Crippen molar-refractivity contribution in [1.82, 2.24) is 0 Å². The van der Waals surface area contributed by atoms with E-state index in [0.717, 1.165) is 0 Å². The molecule has 0 aromatic heterocycles. The molecule has 0 atom stereocenters. The lowest BCUT2D eigenvalue weighted by molar-refractivity contribution is 1.50. The number of allylic oxidation sites excluding steroid dienone is 6. The Labute approximate surface area is 84.9 Å². The van der Waals surface area contributed by atoms with Crippen LogP contribution in [0, 0.1) is 0 Å². The fourth-order valence-electron chi connectivity index (χ4n) is 0.351. The Morgan fingerprint density at radius 2 is 1.58 bits per heavy atom. The lowest BCUT2D eigenvalue weighted by atomic mass is 10.4. The molecule has 0 aromatic rings. The van der Waals surface area contributed by atoms with E-state index >= 15 is 0 Å². The molecule has 0 fully saturated rings. The van der Waals surface area contributed by atoms with Crippen LogP contribution in [0.25, 0.3) is 0 Å². The van der Waals surface area contributed by atoms with Gasteiger partial charge in [0.15, 0.2) is 0 Å². The molecule has 0 saturated carbocycles. The molecule has 2 heteroatoms. The Morgan fingerprint density at radius 1 is 1.08 bits per heavy atom. The van der Waals surface area contributed by atoms with Gasteiger partial charge in [0.2, 0.25) is 0 Å². The fraction of sp³-hybridized carbons (Fsp3) is 0.200. The highest BCUT2D eigenvalue weighted by atomic mass is 35.5. The summed E-state index contributed by atoms with van der Waals surface area (Å²) in [6.45, 7) is 10.9. The van der Waals surface area contributed by atoms with E-state index in [2.05, 4.69) is 13.2 Å². The predicted octanol–water partition coefficient (Wildman–Crippen LogP) is 4.63. The molecule has 0 rings (SSSR count). The summed E-state index contributed by atoms with van der Waals surface area (Å²) in [6, 6.07) is 0. The molecule has 0 aliphatic heterocycles. The van der Waals surface area contributed by atoms with Crippen molar-refractivity contribution in [3.05, 3.63) is 47.5 Å². The molecule has 0 spiro atoms. The van der Waals surface area contributed by atoms with Gasteiger partial charge in [-0.2, -0.15) is 0 Å². The Kier molecular flexibility index (Phi) is 12.4. The fourth-order valence-corrected chi connectivity index (χ4v) is 0.731. The van der Waals surface area contributed by atoms with E-state index in [4.69, 9.17) is 23.2 Å². The molecule has 0 bridgehead atoms. The maximum atomic E-state index is 5.64. The van der Waals surface area contributed by atoms with Crippen molar-refractivity contribution in [1.29, 1.82) is 0 Å². The highest BCUT2D eigenvalue weighted by molar-refractivity contribution is 6.35. The van der Waals surface area contributed by atoms with Crippen molar-refractivity contribution in [3.63, 3.8) is 0 Å². The van der Waals surface area contributed by atoms with Crippen LogP contribution in [0.1, 0.15) is 13.8 Å². The number of halogens is 2. The van der Waals surface area contributed by atoms with Gasteiger partial charge in [-0.15, -0.1) is 0 Å². The van der Waals surface area contributed by atoms with Crippen LogP contribution < -0.4 is 0 Å². The van der Waals surface area contributed by atoms with Crippen molar-refractivity contribution in [2.75, 3.05) is 0 Å². The maximum Gasteiger partial charge on any atom is 0.0420 e. The molecule has 0 N–H and O–H groups in total. The first-order valence-corrected chi connectivity index (χ1v) is 4.44. The molecule has 68 valence electrons. The predicted molar refractivity (Wildman–Crippen MR) is 59.6 cm³/mol. The number of hydrogen-bond acceptors (Lipinski definition) is 0. The second-order valence-electron chi connectivity index (χ2n) is 1.52. The average molecular weight is 205 g/mol. The first kappa shape index (κ1) is 14.1. The molecular weight excluding hydrogens is 191 g/mol. The average Bonchev–Trinajstić information content (AvgIpc) is 2.08. The van der Waals surface area contributed by atoms with E-state index in [1.165, 1.54) is 6.08 Å². The highest BCUT2D eigenvalue weighted by Crippen LogP contribution is 2.10. The highest BCUT2D eigenvalue weighted by Gasteiger charge is 1.85. The summed E-state index contributed by atoms with van der Waals surface area (Å²) >= 11 is 11.2. The lowest BCUT2D eigenvalue weighted by Crippen LogP contribution is -1.64. The minimum Gasteiger partial charge on any atom is -0.0990 e. The molecule has 0 amide bonds. The summed E-state index contributed by atoms with van der Waals surface area (Å²) in [5.74, 6) is 0. The van der Waals surface area contributed by atoms with E-state index in [1.54, 1.807) is 18.2 Å². The van der Waals surface area contributed by atoms with E-state index < -0.39 is 0 Å². The largest absolute Gasteiger partial charge is 0.0990 e. The molecule has 0 aromatic carbocycles. The topological polar surface area (TPSA) is 0 Å². The van der Waals surface area contributed by atoms with Gasteiger partial charge in [-0.3, -0.25) is 0 Å². The zero-order valence-corrected chi connectivity index (χ0v) is 8.99. The van der Waals surface area contributed by atoms with Crippen LogP contribution >= 0.6 is 23.2 Å². The van der Waals surface area contributed by atoms with E-state index in [1.807, 2.05) is 13.8 Å². The van der Waals surface area contributed by atoms with Crippen LogP contribution in [-0.4, -0.2) is 0 Å². The second kappa shape index (κ2) is 10.5. The normalized spacial score (nSPS) is 11.3. The minimum atomic E-state index is 0.517. The Morgan fingerprint density at radius 3 is 1.92 bits per heavy atom. The van der Waals surface area contributed by atoms with Gasteiger partial charge in [0.25, 0.3) is 0 Å². The van der Waals surface area contributed by atoms with Crippen molar-refractivity contribution >= 4 is 23.2 Å². The number of rotatable bonds is 3. The summed E-state index contributed by atoms with van der Waals surface area (Å²) in [7, 11) is 0. The van der Waals surface area contributed by atoms with Crippen LogP contribution in [0.4, 0.5) is 0 Å². The zero-order chi connectivity index (χ0) is 9.98. The van der Waals surface area contributed by atoms with Crippen LogP contribution in [0.5, 0.6) is 0 Å². The lowest BCUT2D eigenvalue weighted by Gasteiger charge is -1.86. The summed E-state index contributed by atoms with van der Waals surface area (Å²) in [4.78, 5) is 0. The summed E-state index contributed by atoms with van der Waals surface area (Å²) < 4.78 is 0. The van der Waals surface area contributed by atoms with E-state index in [-0.39, 0.29) is 0 Å². The first-order valence-electron chi connectivity index (χ1n) is 3.68. The smallest absolute Gasteiger partial charge is 0.0420 e. The third kappa shape index (κ3) is 9.54. The van der Waals surface area contributed by atoms with Gasteiger partial charge in [-0.05, 0) is 12.2 Å². The molecule has 0 unspecified atom stereocenters. The van der Waals surface area contributed by atoms with Gasteiger partial charge in [0.1, 0.15) is 0 Å². The number of hydrogen-bond donors (Lipinski definition) is 0. The molecule has 0 aliphatic rings. The quantitative estimate of drug-likeness (QED) is 0.589. The van der Waals surface area contributed by atoms with Crippen LogP contribution in [0.2, 0.25) is 0 Å². The summed E-state index contributed by atoms with van der Waals surface area (Å²) in [6.07, 6.45) is 6.35. The molecule has 0 aliphatic carbocycles. The molecule has 12 heavy (non-hydrogen) atoms. The molecule has 0 saturated heterocycles. The maximum absolute atomic E-state index is 5.64. The Bertz CT molecular complexity index is 188. The van der Waals surface area contributed by atoms with Gasteiger partial charge in [0, 0.05) is 10.1 Å². The third-order valence-electron chi connectivity index (χ3n) is 0.748. The first-order chi connectivity index (χ1) is 5.70. The van der Waals surface area contributed by atoms with Crippen molar-refractivity contribution < 1.29 is 0 Å². The zero-order valence-electron chi connectivity index (χ0n) is 7.48. The van der Waals surface area contributed by atoms with Crippen LogP contribution in [-0.2, 0) is 0 Å². The molecule has 0 heterocycles. The molecule has 0 radical (unpaired) electrons. The van der Waals surface area contributed by atoms with Crippen molar-refractivity contribution in [2.45, 2.75) is 13.8 Å². The summed E-state index contributed by atoms with van der Waals surface area (Å²) in [5, 5.41) is 1.06. The third-order valence-corrected chi connectivity index (χ3v) is 1.25. The second-order valence-corrected chi connectivity index (χ2v) is 2.39. The summed E-state index contributed by atoms with van der Waals surface area (Å²) in [5.41, 5.74) is 0. The van der Waals surface area contributed by atoms with Gasteiger partial charge in [-0.25, -0.2) is 0 Å². The molecular formula is C10H14Cl2. The standard InChI is InChI=1S/C8H8Cl2.C2H6/c1-3-5-8(10)6-7(9)4-2;1-2/h3-6H,1-2H2;1-2H3/b7-6+,8-5+;. The monoisotopic (exact) mass is 204 g/mol. The van der Waals surface area contributed by atoms with Gasteiger partial charge in [0.05, 0.1) is 0 Å². The van der Waals surface area contributed by atoms with Crippen LogP contribution in [0.3, 0.4) is 0 Å². The van der Waals surface area contributed by atoms with Crippen molar-refractivity contribution in [2.24, 2.45) is 0 Å². The Balaban J connectivity index is 0.